The summed E-state index contributed by atoms with van der Waals surface area (Å²) in [6, 6.07) is 11.1. The second-order valence-electron chi connectivity index (χ2n) is 5.38. The van der Waals surface area contributed by atoms with Gasteiger partial charge < -0.3 is 16.4 Å². The lowest BCUT2D eigenvalue weighted by Gasteiger charge is -2.12. The van der Waals surface area contributed by atoms with Crippen molar-refractivity contribution in [2.24, 2.45) is 5.73 Å². The highest BCUT2D eigenvalue weighted by atomic mass is 16.1. The number of primary amides is 1. The van der Waals surface area contributed by atoms with E-state index < -0.39 is 5.91 Å². The molecule has 0 atom stereocenters. The van der Waals surface area contributed by atoms with E-state index in [9.17, 15) is 9.59 Å². The van der Waals surface area contributed by atoms with Crippen molar-refractivity contribution in [3.05, 3.63) is 72.6 Å². The molecule has 3 rings (SSSR count). The number of amides is 2. The molecule has 3 aromatic rings. The standard InChI is InChI=1S/C18H17N5O2/c1-2-16(24)22-13-6-3-5-12(9-13)10-20-17-14(18(19)25)11-21-23-8-4-7-15(17)23/h2-9,11,20H,1,10H2,(H2,19,25)(H,22,24). The van der Waals surface area contributed by atoms with E-state index in [1.165, 1.54) is 12.3 Å². The predicted octanol–water partition coefficient (Wildman–Crippen LogP) is 2.17. The Hall–Kier alpha value is -3.61. The third-order valence-corrected chi connectivity index (χ3v) is 3.68. The lowest BCUT2D eigenvalue weighted by molar-refractivity contribution is -0.111. The van der Waals surface area contributed by atoms with E-state index in [1.54, 1.807) is 16.8 Å². The summed E-state index contributed by atoms with van der Waals surface area (Å²) in [6.07, 6.45) is 4.44. The van der Waals surface area contributed by atoms with Crippen LogP contribution < -0.4 is 16.4 Å². The highest BCUT2D eigenvalue weighted by Gasteiger charge is 2.13. The van der Waals surface area contributed by atoms with Crippen molar-refractivity contribution in [1.82, 2.24) is 9.61 Å². The molecule has 2 aromatic heterocycles. The number of carbonyl (C=O) groups excluding carboxylic acids is 2. The molecule has 7 heteroatoms. The second-order valence-corrected chi connectivity index (χ2v) is 5.38. The first-order valence-corrected chi connectivity index (χ1v) is 7.61. The highest BCUT2D eigenvalue weighted by molar-refractivity contribution is 6.01. The van der Waals surface area contributed by atoms with Crippen molar-refractivity contribution in [3.8, 4) is 0 Å². The zero-order chi connectivity index (χ0) is 17.8. The summed E-state index contributed by atoms with van der Waals surface area (Å²) in [6.45, 7) is 3.88. The quantitative estimate of drug-likeness (QED) is 0.601. The number of benzene rings is 1. The summed E-state index contributed by atoms with van der Waals surface area (Å²) in [7, 11) is 0. The first-order chi connectivity index (χ1) is 12.1. The van der Waals surface area contributed by atoms with Gasteiger partial charge >= 0.3 is 0 Å². The minimum Gasteiger partial charge on any atom is -0.379 e. The van der Waals surface area contributed by atoms with Crippen LogP contribution in [0.15, 0.2) is 61.4 Å². The normalized spacial score (nSPS) is 10.4. The fourth-order valence-corrected chi connectivity index (χ4v) is 2.51. The first kappa shape index (κ1) is 16.3. The van der Waals surface area contributed by atoms with Crippen molar-refractivity contribution in [2.75, 3.05) is 10.6 Å². The number of rotatable bonds is 6. The molecule has 0 aliphatic rings. The van der Waals surface area contributed by atoms with Crippen LogP contribution in [0.4, 0.5) is 11.4 Å². The maximum atomic E-state index is 11.7. The van der Waals surface area contributed by atoms with E-state index in [0.29, 0.717) is 23.5 Å². The van der Waals surface area contributed by atoms with Gasteiger partial charge in [-0.05, 0) is 35.9 Å². The van der Waals surface area contributed by atoms with Crippen molar-refractivity contribution in [3.63, 3.8) is 0 Å². The van der Waals surface area contributed by atoms with Gasteiger partial charge in [0.1, 0.15) is 0 Å². The van der Waals surface area contributed by atoms with E-state index in [4.69, 9.17) is 5.73 Å². The van der Waals surface area contributed by atoms with Crippen molar-refractivity contribution < 1.29 is 9.59 Å². The number of aromatic nitrogens is 2. The maximum Gasteiger partial charge on any atom is 0.252 e. The lowest BCUT2D eigenvalue weighted by atomic mass is 10.1. The van der Waals surface area contributed by atoms with Crippen LogP contribution in [0.2, 0.25) is 0 Å². The molecule has 7 nitrogen and oxygen atoms in total. The third kappa shape index (κ3) is 3.50. The fraction of sp³-hybridized carbons (Fsp3) is 0.0556. The van der Waals surface area contributed by atoms with Gasteiger partial charge in [-0.2, -0.15) is 5.10 Å². The first-order valence-electron chi connectivity index (χ1n) is 7.61. The maximum absolute atomic E-state index is 11.7. The van der Waals surface area contributed by atoms with Crippen LogP contribution in [0.5, 0.6) is 0 Å². The van der Waals surface area contributed by atoms with E-state index in [-0.39, 0.29) is 5.91 Å². The summed E-state index contributed by atoms with van der Waals surface area (Å²) in [5.41, 5.74) is 8.75. The zero-order valence-corrected chi connectivity index (χ0v) is 13.4. The number of fused-ring (bicyclic) bond motifs is 1. The molecule has 4 N–H and O–H groups in total. The third-order valence-electron chi connectivity index (χ3n) is 3.68. The van der Waals surface area contributed by atoms with E-state index in [1.807, 2.05) is 30.3 Å². The number of nitrogens with zero attached hydrogens (tertiary/aromatic N) is 2. The molecule has 126 valence electrons. The molecular formula is C18H17N5O2. The number of hydrogen-bond acceptors (Lipinski definition) is 4. The van der Waals surface area contributed by atoms with Gasteiger partial charge in [-0.25, -0.2) is 4.52 Å². The van der Waals surface area contributed by atoms with E-state index >= 15 is 0 Å². The minimum atomic E-state index is -0.550. The molecule has 0 radical (unpaired) electrons. The van der Waals surface area contributed by atoms with Gasteiger partial charge in [0.05, 0.1) is 23.0 Å². The topological polar surface area (TPSA) is 102 Å². The van der Waals surface area contributed by atoms with Gasteiger partial charge in [-0.15, -0.1) is 0 Å². The van der Waals surface area contributed by atoms with Crippen molar-refractivity contribution in [2.45, 2.75) is 6.54 Å². The largest absolute Gasteiger partial charge is 0.379 e. The van der Waals surface area contributed by atoms with Crippen LogP contribution in [-0.2, 0) is 11.3 Å². The Kier molecular flexibility index (Phi) is 4.47. The molecule has 0 unspecified atom stereocenters. The molecule has 0 bridgehead atoms. The Morgan fingerprint density at radius 1 is 1.28 bits per heavy atom. The van der Waals surface area contributed by atoms with Gasteiger partial charge in [0.2, 0.25) is 5.91 Å². The van der Waals surface area contributed by atoms with E-state index in [0.717, 1.165) is 11.1 Å². The van der Waals surface area contributed by atoms with Crippen LogP contribution in [0, 0.1) is 0 Å². The van der Waals surface area contributed by atoms with Gasteiger partial charge in [0, 0.05) is 18.4 Å². The Balaban J connectivity index is 1.85. The van der Waals surface area contributed by atoms with Crippen molar-refractivity contribution >= 4 is 28.7 Å². The highest BCUT2D eigenvalue weighted by Crippen LogP contribution is 2.22. The summed E-state index contributed by atoms with van der Waals surface area (Å²) >= 11 is 0. The fourth-order valence-electron chi connectivity index (χ4n) is 2.51. The molecule has 2 amide bonds. The Bertz CT molecular complexity index is 961. The molecule has 25 heavy (non-hydrogen) atoms. The van der Waals surface area contributed by atoms with Gasteiger partial charge in [0.15, 0.2) is 0 Å². The molecule has 0 saturated carbocycles. The zero-order valence-electron chi connectivity index (χ0n) is 13.4. The second kappa shape index (κ2) is 6.88. The lowest BCUT2D eigenvalue weighted by Crippen LogP contribution is -2.16. The Morgan fingerprint density at radius 3 is 2.88 bits per heavy atom. The summed E-state index contributed by atoms with van der Waals surface area (Å²) in [5, 5.41) is 10.1. The summed E-state index contributed by atoms with van der Waals surface area (Å²) in [5.74, 6) is -0.823. The van der Waals surface area contributed by atoms with Crippen molar-refractivity contribution in [1.29, 1.82) is 0 Å². The number of anilines is 2. The molecule has 0 saturated heterocycles. The SMILES string of the molecule is C=CC(=O)Nc1cccc(CNc2c(C(N)=O)cnn3cccc23)c1. The van der Waals surface area contributed by atoms with Gasteiger partial charge in [0.25, 0.3) is 5.91 Å². The smallest absolute Gasteiger partial charge is 0.252 e. The predicted molar refractivity (Wildman–Crippen MR) is 96.3 cm³/mol. The average Bonchev–Trinajstić information content (AvgIpc) is 3.08. The van der Waals surface area contributed by atoms with Crippen LogP contribution in [0.25, 0.3) is 5.52 Å². The molecule has 0 aliphatic carbocycles. The molecule has 0 fully saturated rings. The molecular weight excluding hydrogens is 318 g/mol. The monoisotopic (exact) mass is 335 g/mol. The average molecular weight is 335 g/mol. The van der Waals surface area contributed by atoms with Gasteiger partial charge in [-0.1, -0.05) is 18.7 Å². The Morgan fingerprint density at radius 2 is 2.12 bits per heavy atom. The summed E-state index contributed by atoms with van der Waals surface area (Å²) < 4.78 is 1.66. The number of hydrogen-bond donors (Lipinski definition) is 3. The summed E-state index contributed by atoms with van der Waals surface area (Å²) in [4.78, 5) is 23.1. The number of nitrogens with one attached hydrogen (secondary N) is 2. The van der Waals surface area contributed by atoms with E-state index in [2.05, 4.69) is 22.3 Å². The van der Waals surface area contributed by atoms with Crippen LogP contribution in [0.1, 0.15) is 15.9 Å². The van der Waals surface area contributed by atoms with Crippen LogP contribution >= 0.6 is 0 Å². The molecule has 1 aromatic carbocycles. The minimum absolute atomic E-state index is 0.273. The number of nitrogens with two attached hydrogens (primary N) is 1. The van der Waals surface area contributed by atoms with Crippen LogP contribution in [0.3, 0.4) is 0 Å². The van der Waals surface area contributed by atoms with Crippen LogP contribution in [-0.4, -0.2) is 21.4 Å². The number of carbonyl (C=O) groups is 2. The molecule has 0 aliphatic heterocycles. The molecule has 0 spiro atoms. The Labute approximate surface area is 144 Å². The van der Waals surface area contributed by atoms with Gasteiger partial charge in [-0.3, -0.25) is 9.59 Å². The molecule has 2 heterocycles.